The Balaban J connectivity index is 0. The quantitative estimate of drug-likeness (QED) is 0.767. The molecule has 1 amide bonds. The largest absolute Gasteiger partial charge is 0.345 e. The summed E-state index contributed by atoms with van der Waals surface area (Å²) in [6, 6.07) is -0.528. The Morgan fingerprint density at radius 3 is 2.39 bits per heavy atom. The summed E-state index contributed by atoms with van der Waals surface area (Å²) in [5.41, 5.74) is 0. The second-order valence-corrected chi connectivity index (χ2v) is 5.21. The summed E-state index contributed by atoms with van der Waals surface area (Å²) < 4.78 is 0. The first-order valence-electron chi connectivity index (χ1n) is 7.10. The van der Waals surface area contributed by atoms with E-state index in [1.165, 1.54) is 19.3 Å². The molecule has 0 bridgehead atoms. The van der Waals surface area contributed by atoms with E-state index >= 15 is 0 Å². The van der Waals surface area contributed by atoms with E-state index in [1.807, 2.05) is 13.8 Å². The number of likely N-dealkylation sites (N-methyl/N-ethyl adjacent to an activating group) is 1. The molecule has 1 aliphatic carbocycles. The molecular weight excluding hydrogens is 228 g/mol. The van der Waals surface area contributed by atoms with Crippen molar-refractivity contribution in [2.24, 2.45) is 5.92 Å². The molecule has 0 aromatic carbocycles. The van der Waals surface area contributed by atoms with Gasteiger partial charge in [-0.05, 0) is 32.7 Å². The minimum atomic E-state index is -0.279. The van der Waals surface area contributed by atoms with Crippen LogP contribution in [0.4, 0.5) is 0 Å². The van der Waals surface area contributed by atoms with Crippen LogP contribution in [0.1, 0.15) is 55.2 Å². The number of Topliss-reactive ketones (excluding diaryl/α,β-unsaturated/α-hetero) is 1. The molecule has 1 fully saturated rings. The predicted molar refractivity (Wildman–Crippen MR) is 76.6 cm³/mol. The Bertz CT molecular complexity index is 293. The molecule has 4 heteroatoms. The molecule has 2 N–H and O–H groups in total. The van der Waals surface area contributed by atoms with E-state index in [4.69, 9.17) is 0 Å². The Hall–Kier alpha value is -0.900. The van der Waals surface area contributed by atoms with Gasteiger partial charge < -0.3 is 10.6 Å². The highest BCUT2D eigenvalue weighted by Gasteiger charge is 2.30. The van der Waals surface area contributed by atoms with Gasteiger partial charge in [-0.25, -0.2) is 0 Å². The summed E-state index contributed by atoms with van der Waals surface area (Å²) in [6.45, 7) is 3.68. The number of rotatable bonds is 6. The first kappa shape index (κ1) is 15.2. The molecule has 0 aliphatic heterocycles. The smallest absolute Gasteiger partial charge is 0.237 e. The van der Waals surface area contributed by atoms with Gasteiger partial charge in [0.05, 0.1) is 12.1 Å². The van der Waals surface area contributed by atoms with Crippen molar-refractivity contribution in [3.8, 4) is 0 Å². The number of carbonyl (C=O) groups excluding carboxylic acids is 2. The van der Waals surface area contributed by atoms with Crippen LogP contribution in [0.5, 0.6) is 0 Å². The highest BCUT2D eigenvalue weighted by atomic mass is 16.2. The van der Waals surface area contributed by atoms with Crippen LogP contribution in [-0.4, -0.2) is 30.8 Å². The zero-order valence-corrected chi connectivity index (χ0v) is 11.8. The van der Waals surface area contributed by atoms with Gasteiger partial charge in [0.25, 0.3) is 0 Å². The fourth-order valence-corrected chi connectivity index (χ4v) is 2.56. The molecule has 108 valence electrons. The number of nitrogens with one attached hydrogen (secondary N) is 2. The van der Waals surface area contributed by atoms with Crippen molar-refractivity contribution in [1.82, 2.24) is 10.6 Å². The van der Waals surface area contributed by atoms with Gasteiger partial charge in [0.1, 0.15) is 0 Å². The van der Waals surface area contributed by atoms with E-state index < -0.39 is 0 Å². The molecule has 0 saturated heterocycles. The van der Waals surface area contributed by atoms with Crippen molar-refractivity contribution in [1.29, 1.82) is 0 Å². The lowest BCUT2D eigenvalue weighted by Crippen LogP contribution is -2.51. The van der Waals surface area contributed by atoms with Gasteiger partial charge in [0.2, 0.25) is 5.91 Å². The number of hydrogen-bond donors (Lipinski definition) is 2. The van der Waals surface area contributed by atoms with Gasteiger partial charge in [-0.3, -0.25) is 9.59 Å². The molecule has 1 saturated carbocycles. The molecule has 0 spiro atoms. The average Bonchev–Trinajstić information content (AvgIpc) is 2.43. The van der Waals surface area contributed by atoms with E-state index in [-0.39, 0.29) is 26.6 Å². The maximum atomic E-state index is 12.0. The summed E-state index contributed by atoms with van der Waals surface area (Å²) >= 11 is 0. The third kappa shape index (κ3) is 4.09. The lowest BCUT2D eigenvalue weighted by atomic mass is 9.81. The second kappa shape index (κ2) is 7.52. The van der Waals surface area contributed by atoms with Gasteiger partial charge in [0.15, 0.2) is 5.78 Å². The van der Waals surface area contributed by atoms with E-state index in [9.17, 15) is 9.59 Å². The van der Waals surface area contributed by atoms with E-state index in [2.05, 4.69) is 10.6 Å². The van der Waals surface area contributed by atoms with Crippen LogP contribution in [0.2, 0.25) is 0 Å². The van der Waals surface area contributed by atoms with E-state index in [0.29, 0.717) is 12.3 Å². The lowest BCUT2D eigenvalue weighted by Gasteiger charge is -2.30. The number of hydrogen-bond acceptors (Lipinski definition) is 3. The Kier molecular flexibility index (Phi) is 6.33. The number of ketones is 1. The third-order valence-corrected chi connectivity index (χ3v) is 3.94. The summed E-state index contributed by atoms with van der Waals surface area (Å²) in [4.78, 5) is 23.9. The van der Waals surface area contributed by atoms with Crippen LogP contribution in [0.25, 0.3) is 0 Å². The molecular formula is C14H30N2O2. The Labute approximate surface area is 113 Å². The standard InChI is InChI=1S/C14H26N2O2.2H2/c1-4-12(17)13(11-8-6-5-7-9-11)16-14(18)10(2)15-3;;/h10-11,13,15H,4-9H2,1-3H3,(H,16,18);2*1H/t10-,13-;;/m0../s1. The monoisotopic (exact) mass is 258 g/mol. The van der Waals surface area contributed by atoms with Gasteiger partial charge in [0, 0.05) is 9.27 Å². The lowest BCUT2D eigenvalue weighted by molar-refractivity contribution is -0.130. The van der Waals surface area contributed by atoms with Gasteiger partial charge >= 0.3 is 0 Å². The van der Waals surface area contributed by atoms with Crippen molar-refractivity contribution < 1.29 is 12.4 Å². The van der Waals surface area contributed by atoms with Crippen molar-refractivity contribution in [2.75, 3.05) is 7.05 Å². The summed E-state index contributed by atoms with van der Waals surface area (Å²) in [6.07, 6.45) is 6.22. The van der Waals surface area contributed by atoms with E-state index in [0.717, 1.165) is 12.8 Å². The highest BCUT2D eigenvalue weighted by Crippen LogP contribution is 2.27. The van der Waals surface area contributed by atoms with Crippen LogP contribution >= 0.6 is 0 Å². The molecule has 4 nitrogen and oxygen atoms in total. The number of amides is 1. The zero-order chi connectivity index (χ0) is 13.5. The van der Waals surface area contributed by atoms with Crippen molar-refractivity contribution in [2.45, 2.75) is 64.5 Å². The van der Waals surface area contributed by atoms with Crippen molar-refractivity contribution >= 4 is 11.7 Å². The molecule has 0 heterocycles. The molecule has 0 radical (unpaired) electrons. The van der Waals surface area contributed by atoms with Gasteiger partial charge in [-0.15, -0.1) is 0 Å². The maximum absolute atomic E-state index is 12.0. The van der Waals surface area contributed by atoms with Crippen LogP contribution in [-0.2, 0) is 9.59 Å². The molecule has 2 atom stereocenters. The van der Waals surface area contributed by atoms with Crippen molar-refractivity contribution in [3.63, 3.8) is 0 Å². The van der Waals surface area contributed by atoms with Crippen molar-refractivity contribution in [3.05, 3.63) is 0 Å². The fourth-order valence-electron chi connectivity index (χ4n) is 2.56. The molecule has 1 rings (SSSR count). The van der Waals surface area contributed by atoms with Gasteiger partial charge in [-0.1, -0.05) is 26.2 Å². The molecule has 18 heavy (non-hydrogen) atoms. The molecule has 0 unspecified atom stereocenters. The Morgan fingerprint density at radius 1 is 1.28 bits per heavy atom. The second-order valence-electron chi connectivity index (χ2n) is 5.21. The normalized spacial score (nSPS) is 20.2. The summed E-state index contributed by atoms with van der Waals surface area (Å²) in [5, 5.41) is 5.84. The minimum absolute atomic E-state index is 0. The first-order chi connectivity index (χ1) is 8.60. The SMILES string of the molecule is CCC(=O)[C@@H](NC(=O)[C@H](C)NC)C1CCCCC1.[HH].[HH]. The van der Waals surface area contributed by atoms with Crippen LogP contribution in [0, 0.1) is 5.92 Å². The topological polar surface area (TPSA) is 58.2 Å². The highest BCUT2D eigenvalue weighted by molar-refractivity contribution is 5.90. The van der Waals surface area contributed by atoms with Crippen LogP contribution < -0.4 is 10.6 Å². The Morgan fingerprint density at radius 2 is 1.89 bits per heavy atom. The zero-order valence-electron chi connectivity index (χ0n) is 11.8. The van der Waals surface area contributed by atoms with Gasteiger partial charge in [-0.2, -0.15) is 0 Å². The summed E-state index contributed by atoms with van der Waals surface area (Å²) in [5.74, 6) is 0.424. The van der Waals surface area contributed by atoms with Crippen LogP contribution in [0.3, 0.4) is 0 Å². The van der Waals surface area contributed by atoms with E-state index in [1.54, 1.807) is 7.05 Å². The minimum Gasteiger partial charge on any atom is -0.345 e. The third-order valence-electron chi connectivity index (χ3n) is 3.94. The predicted octanol–water partition coefficient (Wildman–Crippen LogP) is 2.13. The number of carbonyl (C=O) groups is 2. The molecule has 1 aliphatic rings. The molecule has 0 aromatic heterocycles. The molecule has 0 aromatic rings. The fraction of sp³-hybridized carbons (Fsp3) is 0.857. The summed E-state index contributed by atoms with van der Waals surface area (Å²) in [7, 11) is 1.75. The average molecular weight is 258 g/mol. The van der Waals surface area contributed by atoms with Crippen LogP contribution in [0.15, 0.2) is 0 Å². The first-order valence-corrected chi connectivity index (χ1v) is 7.10. The maximum Gasteiger partial charge on any atom is 0.237 e.